The number of carbonyl (C=O) groups excluding carboxylic acids is 1. The van der Waals surface area contributed by atoms with Crippen molar-refractivity contribution in [2.75, 3.05) is 27.7 Å². The lowest BCUT2D eigenvalue weighted by Gasteiger charge is -2.32. The zero-order chi connectivity index (χ0) is 17.6. The van der Waals surface area contributed by atoms with Crippen molar-refractivity contribution in [3.63, 3.8) is 0 Å². The van der Waals surface area contributed by atoms with Crippen LogP contribution in [0, 0.1) is 0 Å². The molecule has 0 fully saturated rings. The molecule has 24 heavy (non-hydrogen) atoms. The van der Waals surface area contributed by atoms with Gasteiger partial charge in [-0.05, 0) is 18.1 Å². The molecule has 0 aliphatic heterocycles. The summed E-state index contributed by atoms with van der Waals surface area (Å²) < 4.78 is 11.5. The van der Waals surface area contributed by atoms with Gasteiger partial charge in [-0.25, -0.2) is 4.79 Å². The number of esters is 1. The predicted molar refractivity (Wildman–Crippen MR) is 93.9 cm³/mol. The van der Waals surface area contributed by atoms with E-state index in [1.165, 1.54) is 4.90 Å². The number of hydrogen-bond acceptors (Lipinski definition) is 3. The van der Waals surface area contributed by atoms with Gasteiger partial charge >= 0.3 is 5.97 Å². The van der Waals surface area contributed by atoms with Crippen molar-refractivity contribution in [1.29, 1.82) is 0 Å². The Hall–Kier alpha value is -2.17. The second-order valence-electron chi connectivity index (χ2n) is 6.24. The smallest absolute Gasteiger partial charge is 0.348 e. The number of quaternary nitrogens is 1. The molecule has 128 valence electrons. The monoisotopic (exact) mass is 328 g/mol. The fraction of sp³-hybridized carbons (Fsp3) is 0.350. The van der Waals surface area contributed by atoms with E-state index in [9.17, 15) is 4.79 Å². The minimum absolute atomic E-state index is 0.204. The maximum atomic E-state index is 13.1. The molecule has 0 amide bonds. The normalized spacial score (nSPS) is 12.9. The van der Waals surface area contributed by atoms with Crippen LogP contribution in [0.2, 0.25) is 0 Å². The third-order valence-corrected chi connectivity index (χ3v) is 3.96. The fourth-order valence-electron chi connectivity index (χ4n) is 2.95. The molecule has 0 saturated heterocycles. The Kier molecular flexibility index (Phi) is 6.12. The molecule has 0 aromatic heterocycles. The van der Waals surface area contributed by atoms with E-state index in [1.54, 1.807) is 7.11 Å². The van der Waals surface area contributed by atoms with E-state index in [1.807, 2.05) is 81.7 Å². The van der Waals surface area contributed by atoms with Crippen LogP contribution < -0.4 is 4.90 Å². The average molecular weight is 328 g/mol. The average Bonchev–Trinajstić information content (AvgIpc) is 2.57. The summed E-state index contributed by atoms with van der Waals surface area (Å²) in [6, 6.07) is 19.0. The Morgan fingerprint density at radius 1 is 1.00 bits per heavy atom. The number of carbonyl (C=O) groups is 1. The molecule has 4 heteroatoms. The Morgan fingerprint density at radius 3 is 1.83 bits per heavy atom. The molecule has 1 atom stereocenters. The second kappa shape index (κ2) is 8.08. The van der Waals surface area contributed by atoms with Crippen LogP contribution >= 0.6 is 0 Å². The number of hydrogen-bond donors (Lipinski definition) is 1. The molecular formula is C20H26NO3+. The van der Waals surface area contributed by atoms with Crippen LogP contribution in [0.1, 0.15) is 18.1 Å². The van der Waals surface area contributed by atoms with E-state index in [4.69, 9.17) is 9.47 Å². The summed E-state index contributed by atoms with van der Waals surface area (Å²) in [7, 11) is 5.60. The summed E-state index contributed by atoms with van der Waals surface area (Å²) in [6.07, 6.45) is -0.204. The molecule has 4 nitrogen and oxygen atoms in total. The Morgan fingerprint density at radius 2 is 1.46 bits per heavy atom. The highest BCUT2D eigenvalue weighted by molar-refractivity contribution is 5.86. The zero-order valence-electron chi connectivity index (χ0n) is 14.8. The molecule has 0 radical (unpaired) electrons. The van der Waals surface area contributed by atoms with Crippen LogP contribution in [0.3, 0.4) is 0 Å². The largest absolute Gasteiger partial charge is 0.454 e. The quantitative estimate of drug-likeness (QED) is 0.786. The lowest BCUT2D eigenvalue weighted by Crippen LogP contribution is -3.07. The molecule has 1 N–H and O–H groups in total. The third kappa shape index (κ3) is 3.83. The Labute approximate surface area is 144 Å². The number of nitrogens with one attached hydrogen (secondary N) is 1. The fourth-order valence-corrected chi connectivity index (χ4v) is 2.95. The molecule has 0 heterocycles. The standard InChI is InChI=1S/C20H25NO3/c1-16(15-21(2)3)24-19(22)20(23-4,17-11-7-5-8-12-17)18-13-9-6-10-14-18/h5-14,16H,15H2,1-4H3/p+1/t16-/m0/s1. The molecule has 2 aromatic carbocycles. The van der Waals surface area contributed by atoms with Crippen molar-refractivity contribution in [3.05, 3.63) is 71.8 Å². The highest BCUT2D eigenvalue weighted by Gasteiger charge is 2.44. The van der Waals surface area contributed by atoms with Crippen molar-refractivity contribution in [2.45, 2.75) is 18.6 Å². The van der Waals surface area contributed by atoms with Crippen molar-refractivity contribution in [1.82, 2.24) is 0 Å². The maximum absolute atomic E-state index is 13.1. The van der Waals surface area contributed by atoms with Crippen LogP contribution in [-0.2, 0) is 19.9 Å². The van der Waals surface area contributed by atoms with Crippen LogP contribution in [0.15, 0.2) is 60.7 Å². The highest BCUT2D eigenvalue weighted by atomic mass is 16.6. The van der Waals surface area contributed by atoms with Gasteiger partial charge in [0.2, 0.25) is 5.60 Å². The molecule has 0 spiro atoms. The van der Waals surface area contributed by atoms with Gasteiger partial charge < -0.3 is 14.4 Å². The number of likely N-dealkylation sites (N-methyl/N-ethyl adjacent to an activating group) is 1. The van der Waals surface area contributed by atoms with Crippen LogP contribution in [0.5, 0.6) is 0 Å². The van der Waals surface area contributed by atoms with Gasteiger partial charge in [-0.3, -0.25) is 0 Å². The van der Waals surface area contributed by atoms with Crippen molar-refractivity contribution >= 4 is 5.97 Å². The van der Waals surface area contributed by atoms with Gasteiger partial charge in [0.1, 0.15) is 12.6 Å². The van der Waals surface area contributed by atoms with E-state index >= 15 is 0 Å². The van der Waals surface area contributed by atoms with E-state index in [0.29, 0.717) is 0 Å². The molecule has 2 rings (SSSR count). The van der Waals surface area contributed by atoms with Gasteiger partial charge in [-0.1, -0.05) is 60.7 Å². The molecule has 2 aromatic rings. The number of benzene rings is 2. The van der Waals surface area contributed by atoms with Crippen LogP contribution in [0.4, 0.5) is 0 Å². The second-order valence-corrected chi connectivity index (χ2v) is 6.24. The topological polar surface area (TPSA) is 40.0 Å². The van der Waals surface area contributed by atoms with Crippen molar-refractivity contribution < 1.29 is 19.2 Å². The molecule has 0 unspecified atom stereocenters. The lowest BCUT2D eigenvalue weighted by atomic mass is 9.86. The van der Waals surface area contributed by atoms with Crippen LogP contribution in [0.25, 0.3) is 0 Å². The van der Waals surface area contributed by atoms with Crippen molar-refractivity contribution in [2.24, 2.45) is 0 Å². The number of ether oxygens (including phenoxy) is 2. The lowest BCUT2D eigenvalue weighted by molar-refractivity contribution is -0.861. The number of rotatable bonds is 7. The summed E-state index contributed by atoms with van der Waals surface area (Å²) in [5.41, 5.74) is 0.250. The van der Waals surface area contributed by atoms with E-state index in [-0.39, 0.29) is 6.10 Å². The summed E-state index contributed by atoms with van der Waals surface area (Å²) in [6.45, 7) is 2.64. The molecular weight excluding hydrogens is 302 g/mol. The highest BCUT2D eigenvalue weighted by Crippen LogP contribution is 2.34. The Bertz CT molecular complexity index is 601. The van der Waals surface area contributed by atoms with E-state index < -0.39 is 11.6 Å². The summed E-state index contributed by atoms with van der Waals surface area (Å²) in [4.78, 5) is 14.4. The minimum atomic E-state index is -1.27. The third-order valence-electron chi connectivity index (χ3n) is 3.96. The first-order valence-electron chi connectivity index (χ1n) is 8.17. The Balaban J connectivity index is 2.45. The molecule has 0 bridgehead atoms. The van der Waals surface area contributed by atoms with Crippen molar-refractivity contribution in [3.8, 4) is 0 Å². The summed E-state index contributed by atoms with van der Waals surface area (Å²) >= 11 is 0. The molecule has 0 saturated carbocycles. The van der Waals surface area contributed by atoms with Crippen LogP contribution in [-0.4, -0.2) is 39.8 Å². The zero-order valence-corrected chi connectivity index (χ0v) is 14.8. The first-order valence-corrected chi connectivity index (χ1v) is 8.17. The maximum Gasteiger partial charge on any atom is 0.348 e. The molecule has 0 aliphatic carbocycles. The molecule has 0 aliphatic rings. The van der Waals surface area contributed by atoms with Gasteiger partial charge in [-0.15, -0.1) is 0 Å². The van der Waals surface area contributed by atoms with Gasteiger partial charge in [0.05, 0.1) is 14.1 Å². The first-order chi connectivity index (χ1) is 11.5. The van der Waals surface area contributed by atoms with Gasteiger partial charge in [-0.2, -0.15) is 0 Å². The minimum Gasteiger partial charge on any atom is -0.454 e. The summed E-state index contributed by atoms with van der Waals surface area (Å²) in [5.74, 6) is -0.392. The predicted octanol–water partition coefficient (Wildman–Crippen LogP) is 1.65. The number of methoxy groups -OCH3 is 1. The van der Waals surface area contributed by atoms with Gasteiger partial charge in [0.15, 0.2) is 0 Å². The van der Waals surface area contributed by atoms with Gasteiger partial charge in [0, 0.05) is 7.11 Å². The van der Waals surface area contributed by atoms with Gasteiger partial charge in [0.25, 0.3) is 0 Å². The first kappa shape index (κ1) is 18.2. The van der Waals surface area contributed by atoms with E-state index in [0.717, 1.165) is 17.7 Å². The summed E-state index contributed by atoms with van der Waals surface area (Å²) in [5, 5.41) is 0. The SMILES string of the molecule is COC(C(=O)O[C@@H](C)C[NH+](C)C)(c1ccccc1)c1ccccc1. The van der Waals surface area contributed by atoms with E-state index in [2.05, 4.69) is 0 Å².